The molecular formula is C21H22N2O4S. The summed E-state index contributed by atoms with van der Waals surface area (Å²) in [6.45, 7) is 6.06. The highest BCUT2D eigenvalue weighted by atomic mass is 32.2. The van der Waals surface area contributed by atoms with Crippen LogP contribution in [0, 0.1) is 0 Å². The van der Waals surface area contributed by atoms with Crippen LogP contribution in [0.3, 0.4) is 0 Å². The van der Waals surface area contributed by atoms with Gasteiger partial charge in [0, 0.05) is 11.8 Å². The molecule has 1 aromatic carbocycles. The van der Waals surface area contributed by atoms with E-state index < -0.39 is 0 Å². The van der Waals surface area contributed by atoms with Crippen molar-refractivity contribution in [1.82, 2.24) is 4.90 Å². The van der Waals surface area contributed by atoms with E-state index in [1.165, 1.54) is 29.0 Å². The van der Waals surface area contributed by atoms with Crippen molar-refractivity contribution >= 4 is 35.0 Å². The number of allylic oxidation sites excluding steroid dienone is 1. The Bertz CT molecular complexity index is 926. The SMILES string of the molecule is CC(C)(C)c1ccccc1NC(=O)CN1C(=O)CSC1=CC(=O)c1ccco1. The Morgan fingerprint density at radius 3 is 2.64 bits per heavy atom. The molecule has 1 aliphatic rings. The number of anilines is 1. The van der Waals surface area contributed by atoms with E-state index in [2.05, 4.69) is 26.1 Å². The van der Waals surface area contributed by atoms with Crippen LogP contribution < -0.4 is 5.32 Å². The first-order valence-electron chi connectivity index (χ1n) is 8.88. The fourth-order valence-corrected chi connectivity index (χ4v) is 3.82. The summed E-state index contributed by atoms with van der Waals surface area (Å²) in [7, 11) is 0. The lowest BCUT2D eigenvalue weighted by Gasteiger charge is -2.23. The van der Waals surface area contributed by atoms with E-state index in [0.717, 1.165) is 11.3 Å². The van der Waals surface area contributed by atoms with Crippen LogP contribution in [0.25, 0.3) is 0 Å². The van der Waals surface area contributed by atoms with Gasteiger partial charge in [-0.2, -0.15) is 0 Å². The zero-order chi connectivity index (χ0) is 20.3. The maximum atomic E-state index is 12.6. The summed E-state index contributed by atoms with van der Waals surface area (Å²) in [5.41, 5.74) is 1.59. The Morgan fingerprint density at radius 2 is 1.96 bits per heavy atom. The van der Waals surface area contributed by atoms with Crippen molar-refractivity contribution in [2.24, 2.45) is 0 Å². The number of ketones is 1. The third-order valence-electron chi connectivity index (χ3n) is 4.24. The van der Waals surface area contributed by atoms with E-state index in [-0.39, 0.29) is 41.1 Å². The van der Waals surface area contributed by atoms with E-state index >= 15 is 0 Å². The molecular weight excluding hydrogens is 376 g/mol. The lowest BCUT2D eigenvalue weighted by Crippen LogP contribution is -2.34. The Balaban J connectivity index is 1.74. The van der Waals surface area contributed by atoms with E-state index in [9.17, 15) is 14.4 Å². The average Bonchev–Trinajstić information content (AvgIpc) is 3.27. The number of furan rings is 1. The third-order valence-corrected chi connectivity index (χ3v) is 5.27. The lowest BCUT2D eigenvalue weighted by atomic mass is 9.86. The molecule has 1 fully saturated rings. The van der Waals surface area contributed by atoms with Gasteiger partial charge in [-0.05, 0) is 29.2 Å². The number of carbonyl (C=O) groups is 3. The van der Waals surface area contributed by atoms with Gasteiger partial charge in [0.1, 0.15) is 6.54 Å². The minimum atomic E-state index is -0.342. The zero-order valence-electron chi connectivity index (χ0n) is 16.0. The number of nitrogens with zero attached hydrogens (tertiary/aromatic N) is 1. The fourth-order valence-electron chi connectivity index (χ4n) is 2.88. The Labute approximate surface area is 168 Å². The van der Waals surface area contributed by atoms with Crippen LogP contribution in [0.15, 0.2) is 58.2 Å². The zero-order valence-corrected chi connectivity index (χ0v) is 16.8. The first-order valence-corrected chi connectivity index (χ1v) is 9.86. The Hall–Kier alpha value is -2.80. The van der Waals surface area contributed by atoms with Crippen LogP contribution in [0.1, 0.15) is 36.9 Å². The van der Waals surface area contributed by atoms with Crippen molar-refractivity contribution in [2.45, 2.75) is 26.2 Å². The standard InChI is InChI=1S/C21H22N2O4S/c1-21(2,3)14-7-4-5-8-15(14)22-18(25)12-23-19(26)13-28-20(23)11-16(24)17-9-6-10-27-17/h4-11H,12-13H2,1-3H3,(H,22,25). The maximum Gasteiger partial charge on any atom is 0.244 e. The number of thioether (sulfide) groups is 1. The number of amides is 2. The highest BCUT2D eigenvalue weighted by Crippen LogP contribution is 2.31. The van der Waals surface area contributed by atoms with Crippen LogP contribution >= 0.6 is 11.8 Å². The van der Waals surface area contributed by atoms with Crippen LogP contribution in [-0.4, -0.2) is 34.8 Å². The van der Waals surface area contributed by atoms with Crippen molar-refractivity contribution in [2.75, 3.05) is 17.6 Å². The lowest BCUT2D eigenvalue weighted by molar-refractivity contribution is -0.129. The molecule has 2 heterocycles. The second-order valence-electron chi connectivity index (χ2n) is 7.44. The molecule has 28 heavy (non-hydrogen) atoms. The van der Waals surface area contributed by atoms with Crippen molar-refractivity contribution in [3.05, 3.63) is 65.1 Å². The van der Waals surface area contributed by atoms with Gasteiger partial charge >= 0.3 is 0 Å². The second-order valence-corrected chi connectivity index (χ2v) is 8.43. The maximum absolute atomic E-state index is 12.6. The number of benzene rings is 1. The second kappa shape index (κ2) is 8.06. The van der Waals surface area contributed by atoms with Gasteiger partial charge in [0.25, 0.3) is 0 Å². The molecule has 0 atom stereocenters. The number of hydrogen-bond donors (Lipinski definition) is 1. The predicted molar refractivity (Wildman–Crippen MR) is 109 cm³/mol. The van der Waals surface area contributed by atoms with Crippen LogP contribution in [0.2, 0.25) is 0 Å². The summed E-state index contributed by atoms with van der Waals surface area (Å²) < 4.78 is 5.09. The van der Waals surface area contributed by atoms with E-state index in [0.29, 0.717) is 5.03 Å². The quantitative estimate of drug-likeness (QED) is 0.612. The number of nitrogens with one attached hydrogen (secondary N) is 1. The molecule has 7 heteroatoms. The largest absolute Gasteiger partial charge is 0.461 e. The highest BCUT2D eigenvalue weighted by Gasteiger charge is 2.30. The number of carbonyl (C=O) groups excluding carboxylic acids is 3. The van der Waals surface area contributed by atoms with Crippen LogP contribution in [-0.2, 0) is 15.0 Å². The number of para-hydroxylation sites is 1. The summed E-state index contributed by atoms with van der Waals surface area (Å²) in [6.07, 6.45) is 2.75. The summed E-state index contributed by atoms with van der Waals surface area (Å²) in [5, 5.41) is 3.34. The molecule has 0 bridgehead atoms. The molecule has 1 aliphatic heterocycles. The Morgan fingerprint density at radius 1 is 1.21 bits per heavy atom. The van der Waals surface area contributed by atoms with Gasteiger partial charge in [-0.3, -0.25) is 19.3 Å². The van der Waals surface area contributed by atoms with Gasteiger partial charge in [-0.15, -0.1) is 0 Å². The molecule has 0 radical (unpaired) electrons. The van der Waals surface area contributed by atoms with Gasteiger partial charge in [-0.1, -0.05) is 50.7 Å². The van der Waals surface area contributed by atoms with Crippen molar-refractivity contribution in [1.29, 1.82) is 0 Å². The normalized spacial score (nSPS) is 15.9. The summed E-state index contributed by atoms with van der Waals surface area (Å²) >= 11 is 1.23. The third kappa shape index (κ3) is 4.54. The smallest absolute Gasteiger partial charge is 0.244 e. The van der Waals surface area contributed by atoms with E-state index in [1.807, 2.05) is 24.3 Å². The molecule has 146 valence electrons. The van der Waals surface area contributed by atoms with Gasteiger partial charge in [0.05, 0.1) is 17.0 Å². The molecule has 2 aromatic rings. The number of hydrogen-bond acceptors (Lipinski definition) is 5. The highest BCUT2D eigenvalue weighted by molar-refractivity contribution is 8.04. The summed E-state index contributed by atoms with van der Waals surface area (Å²) in [5.74, 6) is -0.475. The minimum absolute atomic E-state index is 0.135. The monoisotopic (exact) mass is 398 g/mol. The molecule has 1 N–H and O–H groups in total. The molecule has 0 aliphatic carbocycles. The summed E-state index contributed by atoms with van der Waals surface area (Å²) in [4.78, 5) is 38.4. The first kappa shape index (κ1) is 19.9. The fraction of sp³-hybridized carbons (Fsp3) is 0.286. The molecule has 0 spiro atoms. The van der Waals surface area contributed by atoms with Gasteiger partial charge in [-0.25, -0.2) is 0 Å². The minimum Gasteiger partial charge on any atom is -0.461 e. The molecule has 2 amide bonds. The first-order chi connectivity index (χ1) is 13.3. The average molecular weight is 398 g/mol. The predicted octanol–water partition coefficient (Wildman–Crippen LogP) is 3.82. The molecule has 1 aromatic heterocycles. The topological polar surface area (TPSA) is 79.6 Å². The molecule has 3 rings (SSSR count). The number of rotatable bonds is 5. The van der Waals surface area contributed by atoms with Gasteiger partial charge < -0.3 is 9.73 Å². The van der Waals surface area contributed by atoms with Crippen molar-refractivity contribution < 1.29 is 18.8 Å². The van der Waals surface area contributed by atoms with Gasteiger partial charge in [0.15, 0.2) is 5.76 Å². The summed E-state index contributed by atoms with van der Waals surface area (Å²) in [6, 6.07) is 10.8. The van der Waals surface area contributed by atoms with Crippen molar-refractivity contribution in [3.63, 3.8) is 0 Å². The molecule has 1 saturated heterocycles. The van der Waals surface area contributed by atoms with Crippen LogP contribution in [0.5, 0.6) is 0 Å². The Kier molecular flexibility index (Phi) is 5.74. The molecule has 0 saturated carbocycles. The van der Waals surface area contributed by atoms with Gasteiger partial charge in [0.2, 0.25) is 17.6 Å². The molecule has 6 nitrogen and oxygen atoms in total. The van der Waals surface area contributed by atoms with Crippen molar-refractivity contribution in [3.8, 4) is 0 Å². The van der Waals surface area contributed by atoms with E-state index in [1.54, 1.807) is 12.1 Å². The van der Waals surface area contributed by atoms with E-state index in [4.69, 9.17) is 4.42 Å². The molecule has 0 unspecified atom stereocenters. The van der Waals surface area contributed by atoms with Crippen LogP contribution in [0.4, 0.5) is 5.69 Å².